The quantitative estimate of drug-likeness (QED) is 0.833. The molecular formula is C12H10ClN3O2. The highest BCUT2D eigenvalue weighted by atomic mass is 35.5. The largest absolute Gasteiger partial charge is 0.478 e. The monoisotopic (exact) mass is 263 g/mol. The Morgan fingerprint density at radius 2 is 2.11 bits per heavy atom. The number of halogens is 1. The van der Waals surface area contributed by atoms with Crippen LogP contribution in [-0.4, -0.2) is 21.0 Å². The van der Waals surface area contributed by atoms with Gasteiger partial charge in [0.2, 0.25) is 0 Å². The molecule has 18 heavy (non-hydrogen) atoms. The Bertz CT molecular complexity index is 602. The smallest absolute Gasteiger partial charge is 0.335 e. The van der Waals surface area contributed by atoms with Gasteiger partial charge >= 0.3 is 5.97 Å². The molecular weight excluding hydrogens is 254 g/mol. The Kier molecular flexibility index (Phi) is 3.43. The lowest BCUT2D eigenvalue weighted by atomic mass is 10.2. The van der Waals surface area contributed by atoms with Crippen molar-refractivity contribution in [1.82, 2.24) is 9.97 Å². The fraction of sp³-hybridized carbons (Fsp3) is 0.0833. The van der Waals surface area contributed by atoms with E-state index in [0.717, 1.165) is 11.3 Å². The maximum atomic E-state index is 10.9. The summed E-state index contributed by atoms with van der Waals surface area (Å²) < 4.78 is 0. The van der Waals surface area contributed by atoms with Gasteiger partial charge in [0.25, 0.3) is 0 Å². The highest BCUT2D eigenvalue weighted by Gasteiger charge is 2.07. The first kappa shape index (κ1) is 12.3. The number of nitrogens with one attached hydrogen (secondary N) is 1. The summed E-state index contributed by atoms with van der Waals surface area (Å²) in [5, 5.41) is 12.0. The van der Waals surface area contributed by atoms with Gasteiger partial charge in [0.05, 0.1) is 17.4 Å². The van der Waals surface area contributed by atoms with Crippen LogP contribution in [0.2, 0.25) is 5.15 Å². The zero-order valence-electron chi connectivity index (χ0n) is 9.51. The van der Waals surface area contributed by atoms with Crippen LogP contribution in [0.25, 0.3) is 0 Å². The first-order valence-corrected chi connectivity index (χ1v) is 5.52. The number of aryl methyl sites for hydroxylation is 1. The molecule has 0 aliphatic rings. The lowest BCUT2D eigenvalue weighted by Gasteiger charge is -2.07. The molecule has 2 heterocycles. The van der Waals surface area contributed by atoms with Crippen molar-refractivity contribution in [1.29, 1.82) is 0 Å². The summed E-state index contributed by atoms with van der Waals surface area (Å²) in [6.07, 6.45) is 3.34. The van der Waals surface area contributed by atoms with Crippen molar-refractivity contribution >= 4 is 29.1 Å². The SMILES string of the molecule is Cc1cncc(Nc2cc(C(=O)O)cc(Cl)n2)c1. The summed E-state index contributed by atoms with van der Waals surface area (Å²) in [4.78, 5) is 18.9. The van der Waals surface area contributed by atoms with Crippen LogP contribution in [-0.2, 0) is 0 Å². The minimum Gasteiger partial charge on any atom is -0.478 e. The molecule has 0 bridgehead atoms. The van der Waals surface area contributed by atoms with E-state index in [1.54, 1.807) is 12.4 Å². The van der Waals surface area contributed by atoms with Crippen molar-refractivity contribution in [3.63, 3.8) is 0 Å². The molecule has 0 atom stereocenters. The topological polar surface area (TPSA) is 75.1 Å². The van der Waals surface area contributed by atoms with Crippen molar-refractivity contribution in [3.8, 4) is 0 Å². The molecule has 0 aliphatic heterocycles. The molecule has 0 aromatic carbocycles. The van der Waals surface area contributed by atoms with Gasteiger partial charge in [-0.15, -0.1) is 0 Å². The third-order valence-corrected chi connectivity index (χ3v) is 2.38. The first-order chi connectivity index (χ1) is 8.54. The average molecular weight is 264 g/mol. The van der Waals surface area contributed by atoms with Crippen molar-refractivity contribution in [2.45, 2.75) is 6.92 Å². The summed E-state index contributed by atoms with van der Waals surface area (Å²) in [6, 6.07) is 4.58. The molecule has 92 valence electrons. The molecule has 5 nitrogen and oxygen atoms in total. The van der Waals surface area contributed by atoms with E-state index in [1.807, 2.05) is 13.0 Å². The second kappa shape index (κ2) is 5.01. The van der Waals surface area contributed by atoms with Gasteiger partial charge < -0.3 is 10.4 Å². The summed E-state index contributed by atoms with van der Waals surface area (Å²) in [7, 11) is 0. The van der Waals surface area contributed by atoms with Crippen LogP contribution in [0.5, 0.6) is 0 Å². The van der Waals surface area contributed by atoms with Gasteiger partial charge in [0.15, 0.2) is 0 Å². The van der Waals surface area contributed by atoms with Gasteiger partial charge in [0, 0.05) is 6.20 Å². The number of anilines is 2. The van der Waals surface area contributed by atoms with Gasteiger partial charge in [-0.2, -0.15) is 0 Å². The van der Waals surface area contributed by atoms with E-state index in [-0.39, 0.29) is 10.7 Å². The number of hydrogen-bond acceptors (Lipinski definition) is 4. The van der Waals surface area contributed by atoms with E-state index in [0.29, 0.717) is 5.82 Å². The number of carboxylic acid groups (broad SMARTS) is 1. The number of pyridine rings is 2. The molecule has 0 unspecified atom stereocenters. The number of hydrogen-bond donors (Lipinski definition) is 2. The van der Waals surface area contributed by atoms with Crippen LogP contribution in [0.15, 0.2) is 30.6 Å². The van der Waals surface area contributed by atoms with Crippen LogP contribution < -0.4 is 5.32 Å². The molecule has 0 fully saturated rings. The first-order valence-electron chi connectivity index (χ1n) is 5.14. The molecule has 0 saturated heterocycles. The molecule has 0 radical (unpaired) electrons. The zero-order valence-corrected chi connectivity index (χ0v) is 10.3. The molecule has 2 N–H and O–H groups in total. The third-order valence-electron chi connectivity index (χ3n) is 2.19. The predicted molar refractivity (Wildman–Crippen MR) is 68.5 cm³/mol. The third kappa shape index (κ3) is 2.95. The Labute approximate surface area is 108 Å². The summed E-state index contributed by atoms with van der Waals surface area (Å²) in [5.74, 6) is -0.683. The number of rotatable bonds is 3. The van der Waals surface area contributed by atoms with E-state index in [2.05, 4.69) is 15.3 Å². The lowest BCUT2D eigenvalue weighted by molar-refractivity contribution is 0.0697. The van der Waals surface area contributed by atoms with Crippen molar-refractivity contribution in [2.75, 3.05) is 5.32 Å². The zero-order chi connectivity index (χ0) is 13.1. The van der Waals surface area contributed by atoms with Crippen molar-refractivity contribution < 1.29 is 9.90 Å². The van der Waals surface area contributed by atoms with E-state index in [9.17, 15) is 4.79 Å². The second-order valence-corrected chi connectivity index (χ2v) is 4.13. The number of nitrogens with zero attached hydrogens (tertiary/aromatic N) is 2. The fourth-order valence-corrected chi connectivity index (χ4v) is 1.66. The number of carbonyl (C=O) groups is 1. The standard InChI is InChI=1S/C12H10ClN3O2/c1-7-2-9(6-14-5-7)15-11-4-8(12(17)18)3-10(13)16-11/h2-6H,1H3,(H,15,16)(H,17,18). The molecule has 0 saturated carbocycles. The summed E-state index contributed by atoms with van der Waals surface area (Å²) >= 11 is 5.76. The normalized spacial score (nSPS) is 10.1. The van der Waals surface area contributed by atoms with Crippen LogP contribution in [0.3, 0.4) is 0 Å². The van der Waals surface area contributed by atoms with Crippen LogP contribution >= 0.6 is 11.6 Å². The van der Waals surface area contributed by atoms with E-state index >= 15 is 0 Å². The summed E-state index contributed by atoms with van der Waals surface area (Å²) in [6.45, 7) is 1.91. The number of carboxylic acids is 1. The number of aromatic carboxylic acids is 1. The highest BCUT2D eigenvalue weighted by Crippen LogP contribution is 2.19. The predicted octanol–water partition coefficient (Wildman–Crippen LogP) is 2.88. The number of aromatic nitrogens is 2. The van der Waals surface area contributed by atoms with Gasteiger partial charge in [-0.25, -0.2) is 9.78 Å². The minimum absolute atomic E-state index is 0.0816. The van der Waals surface area contributed by atoms with Crippen LogP contribution in [0, 0.1) is 6.92 Å². The average Bonchev–Trinajstić information content (AvgIpc) is 2.28. The van der Waals surface area contributed by atoms with E-state index < -0.39 is 5.97 Å². The Morgan fingerprint density at radius 3 is 2.78 bits per heavy atom. The molecule has 0 aliphatic carbocycles. The molecule has 0 spiro atoms. The molecule has 6 heteroatoms. The van der Waals surface area contributed by atoms with Gasteiger partial charge in [-0.1, -0.05) is 11.6 Å². The van der Waals surface area contributed by atoms with Crippen molar-refractivity contribution in [2.24, 2.45) is 0 Å². The van der Waals surface area contributed by atoms with Crippen LogP contribution in [0.1, 0.15) is 15.9 Å². The molecule has 2 aromatic rings. The minimum atomic E-state index is -1.05. The molecule has 2 rings (SSSR count). The maximum absolute atomic E-state index is 10.9. The Balaban J connectivity index is 2.31. The second-order valence-electron chi connectivity index (χ2n) is 3.74. The van der Waals surface area contributed by atoms with Gasteiger partial charge in [0.1, 0.15) is 11.0 Å². The van der Waals surface area contributed by atoms with Gasteiger partial charge in [-0.3, -0.25) is 4.98 Å². The summed E-state index contributed by atoms with van der Waals surface area (Å²) in [5.41, 5.74) is 1.79. The van der Waals surface area contributed by atoms with E-state index in [1.165, 1.54) is 12.1 Å². The lowest BCUT2D eigenvalue weighted by Crippen LogP contribution is -2.01. The van der Waals surface area contributed by atoms with Crippen molar-refractivity contribution in [3.05, 3.63) is 46.9 Å². The molecule has 0 amide bonds. The molecule has 2 aromatic heterocycles. The van der Waals surface area contributed by atoms with Crippen LogP contribution in [0.4, 0.5) is 11.5 Å². The van der Waals surface area contributed by atoms with Gasteiger partial charge in [-0.05, 0) is 30.7 Å². The Hall–Kier alpha value is -2.14. The Morgan fingerprint density at radius 1 is 1.33 bits per heavy atom. The van der Waals surface area contributed by atoms with E-state index in [4.69, 9.17) is 16.7 Å². The maximum Gasteiger partial charge on any atom is 0.335 e. The fourth-order valence-electron chi connectivity index (χ4n) is 1.46. The highest BCUT2D eigenvalue weighted by molar-refractivity contribution is 6.29.